The van der Waals surface area contributed by atoms with Crippen molar-refractivity contribution < 1.29 is 4.79 Å². The second kappa shape index (κ2) is 3.42. The molecule has 1 aromatic heterocycles. The Hall–Kier alpha value is -1.75. The molecule has 1 saturated heterocycles. The Morgan fingerprint density at radius 2 is 2.32 bits per heavy atom. The first-order chi connectivity index (χ1) is 9.17. The number of hydrogen-bond acceptors (Lipinski definition) is 4. The highest BCUT2D eigenvalue weighted by Crippen LogP contribution is 2.57. The van der Waals surface area contributed by atoms with Gasteiger partial charge in [-0.1, -0.05) is 6.07 Å². The molecule has 3 aliphatic rings. The molecule has 98 valence electrons. The summed E-state index contributed by atoms with van der Waals surface area (Å²) in [6.07, 6.45) is 7.78. The summed E-state index contributed by atoms with van der Waals surface area (Å²) in [4.78, 5) is 20.4. The molecule has 0 radical (unpaired) electrons. The predicted octanol–water partition coefficient (Wildman–Crippen LogP) is 0.805. The van der Waals surface area contributed by atoms with E-state index in [1.54, 1.807) is 6.20 Å². The highest BCUT2D eigenvalue weighted by Gasteiger charge is 2.63. The fourth-order valence-corrected chi connectivity index (χ4v) is 3.96. The van der Waals surface area contributed by atoms with Crippen LogP contribution in [0.1, 0.15) is 31.2 Å². The van der Waals surface area contributed by atoms with Gasteiger partial charge in [0.2, 0.25) is 5.91 Å². The number of rotatable bonds is 1. The van der Waals surface area contributed by atoms with Gasteiger partial charge in [0.15, 0.2) is 5.82 Å². The average Bonchev–Trinajstić information content (AvgIpc) is 2.91. The second-order valence-corrected chi connectivity index (χ2v) is 5.84. The molecule has 2 aliphatic heterocycles. The molecule has 19 heavy (non-hydrogen) atoms. The van der Waals surface area contributed by atoms with Gasteiger partial charge >= 0.3 is 0 Å². The third-order valence-electron chi connectivity index (χ3n) is 5.06. The standard InChI is InChI=1S/C14H16N4O/c15-11(19)10-7-13(14(18-10)4-2-5-14)8-17-12-9(13)3-1-6-16-12/h1,3,6,8,10,18H,2,4-5,7H2,(H2,15,19). The van der Waals surface area contributed by atoms with E-state index >= 15 is 0 Å². The molecule has 2 atom stereocenters. The minimum atomic E-state index is -0.270. The van der Waals surface area contributed by atoms with Crippen molar-refractivity contribution in [3.05, 3.63) is 23.9 Å². The van der Waals surface area contributed by atoms with E-state index in [1.807, 2.05) is 12.3 Å². The highest BCUT2D eigenvalue weighted by molar-refractivity contribution is 5.90. The lowest BCUT2D eigenvalue weighted by molar-refractivity contribution is -0.120. The van der Waals surface area contributed by atoms with Gasteiger partial charge < -0.3 is 5.73 Å². The Labute approximate surface area is 111 Å². The van der Waals surface area contributed by atoms with Crippen LogP contribution in [-0.2, 0) is 10.2 Å². The fourth-order valence-electron chi connectivity index (χ4n) is 3.96. The summed E-state index contributed by atoms with van der Waals surface area (Å²) >= 11 is 0. The van der Waals surface area contributed by atoms with Crippen molar-refractivity contribution in [2.24, 2.45) is 10.7 Å². The topological polar surface area (TPSA) is 80.4 Å². The van der Waals surface area contributed by atoms with Gasteiger partial charge in [-0.2, -0.15) is 0 Å². The van der Waals surface area contributed by atoms with Crippen molar-refractivity contribution >= 4 is 17.9 Å². The van der Waals surface area contributed by atoms with Crippen LogP contribution in [0.5, 0.6) is 0 Å². The number of aromatic nitrogens is 1. The predicted molar refractivity (Wildman–Crippen MR) is 71.4 cm³/mol. The number of hydrogen-bond donors (Lipinski definition) is 2. The number of nitrogens with zero attached hydrogens (tertiary/aromatic N) is 2. The van der Waals surface area contributed by atoms with Gasteiger partial charge in [-0.15, -0.1) is 0 Å². The van der Waals surface area contributed by atoms with E-state index in [9.17, 15) is 4.79 Å². The van der Waals surface area contributed by atoms with Crippen LogP contribution in [0.2, 0.25) is 0 Å². The van der Waals surface area contributed by atoms with Gasteiger partial charge in [0.25, 0.3) is 0 Å². The molecule has 3 heterocycles. The Morgan fingerprint density at radius 1 is 1.47 bits per heavy atom. The molecule has 5 heteroatoms. The van der Waals surface area contributed by atoms with Crippen molar-refractivity contribution in [3.63, 3.8) is 0 Å². The van der Waals surface area contributed by atoms with Crippen molar-refractivity contribution in [3.8, 4) is 0 Å². The van der Waals surface area contributed by atoms with Crippen LogP contribution in [0.25, 0.3) is 0 Å². The zero-order valence-corrected chi connectivity index (χ0v) is 10.6. The third-order valence-corrected chi connectivity index (χ3v) is 5.06. The van der Waals surface area contributed by atoms with E-state index in [0.717, 1.165) is 24.2 Å². The Kier molecular flexibility index (Phi) is 2.00. The molecule has 5 nitrogen and oxygen atoms in total. The third kappa shape index (κ3) is 1.21. The molecule has 4 rings (SSSR count). The lowest BCUT2D eigenvalue weighted by atomic mass is 9.58. The van der Waals surface area contributed by atoms with E-state index in [4.69, 9.17) is 5.73 Å². The fraction of sp³-hybridized carbons (Fsp3) is 0.500. The number of nitrogens with two attached hydrogens (primary N) is 1. The lowest BCUT2D eigenvalue weighted by Crippen LogP contribution is -2.60. The van der Waals surface area contributed by atoms with Crippen LogP contribution >= 0.6 is 0 Å². The zero-order valence-electron chi connectivity index (χ0n) is 10.6. The first kappa shape index (κ1) is 11.1. The van der Waals surface area contributed by atoms with E-state index in [0.29, 0.717) is 6.42 Å². The number of amides is 1. The Morgan fingerprint density at radius 3 is 3.00 bits per heavy atom. The second-order valence-electron chi connectivity index (χ2n) is 5.84. The first-order valence-corrected chi connectivity index (χ1v) is 6.75. The van der Waals surface area contributed by atoms with Gasteiger partial charge in [0.05, 0.1) is 11.5 Å². The average molecular weight is 256 g/mol. The summed E-state index contributed by atoms with van der Waals surface area (Å²) in [5, 5.41) is 3.48. The van der Waals surface area contributed by atoms with E-state index in [2.05, 4.69) is 21.4 Å². The first-order valence-electron chi connectivity index (χ1n) is 6.75. The molecule has 2 spiro atoms. The molecular weight excluding hydrogens is 240 g/mol. The molecule has 1 saturated carbocycles. The number of nitrogens with one attached hydrogen (secondary N) is 1. The monoisotopic (exact) mass is 256 g/mol. The van der Waals surface area contributed by atoms with Crippen molar-refractivity contribution in [1.29, 1.82) is 0 Å². The van der Waals surface area contributed by atoms with Gasteiger partial charge in [0.1, 0.15) is 0 Å². The maximum atomic E-state index is 11.6. The van der Waals surface area contributed by atoms with Crippen molar-refractivity contribution in [2.75, 3.05) is 0 Å². The zero-order chi connectivity index (χ0) is 13.1. The number of fused-ring (bicyclic) bond motifs is 3. The molecule has 3 N–H and O–H groups in total. The minimum absolute atomic E-state index is 0.0511. The van der Waals surface area contributed by atoms with Gasteiger partial charge in [-0.05, 0) is 31.7 Å². The maximum absolute atomic E-state index is 11.6. The summed E-state index contributed by atoms with van der Waals surface area (Å²) < 4.78 is 0. The Bertz CT molecular complexity index is 593. The van der Waals surface area contributed by atoms with Gasteiger partial charge in [-0.3, -0.25) is 10.1 Å². The van der Waals surface area contributed by atoms with Crippen LogP contribution < -0.4 is 11.1 Å². The molecule has 0 bridgehead atoms. The van der Waals surface area contributed by atoms with Gasteiger partial charge in [-0.25, -0.2) is 9.98 Å². The molecule has 1 aliphatic carbocycles. The van der Waals surface area contributed by atoms with E-state index in [1.165, 1.54) is 6.42 Å². The lowest BCUT2D eigenvalue weighted by Gasteiger charge is -2.49. The van der Waals surface area contributed by atoms with Crippen molar-refractivity contribution in [2.45, 2.75) is 42.7 Å². The number of aliphatic imine (C=N–C) groups is 1. The van der Waals surface area contributed by atoms with Crippen LogP contribution in [-0.4, -0.2) is 28.7 Å². The van der Waals surface area contributed by atoms with E-state index < -0.39 is 0 Å². The van der Waals surface area contributed by atoms with Crippen LogP contribution in [0, 0.1) is 0 Å². The van der Waals surface area contributed by atoms with Gasteiger partial charge in [0, 0.05) is 23.5 Å². The number of carbonyl (C=O) groups is 1. The maximum Gasteiger partial charge on any atom is 0.234 e. The van der Waals surface area contributed by atoms with Crippen LogP contribution in [0.3, 0.4) is 0 Å². The summed E-state index contributed by atoms with van der Waals surface area (Å²) in [5.74, 6) is 0.523. The van der Waals surface area contributed by atoms with Crippen LogP contribution in [0.4, 0.5) is 5.82 Å². The molecule has 2 unspecified atom stereocenters. The summed E-state index contributed by atoms with van der Waals surface area (Å²) in [5.41, 5.74) is 6.40. The van der Waals surface area contributed by atoms with Crippen LogP contribution in [0.15, 0.2) is 23.3 Å². The number of primary amides is 1. The molecule has 1 amide bonds. The normalized spacial score (nSPS) is 33.6. The molecule has 0 aromatic carbocycles. The van der Waals surface area contributed by atoms with E-state index in [-0.39, 0.29) is 22.9 Å². The molecular formula is C14H16N4O. The SMILES string of the molecule is NC(=O)C1CC2(C=Nc3ncccc32)C2(CCC2)N1. The summed E-state index contributed by atoms with van der Waals surface area (Å²) in [7, 11) is 0. The Balaban J connectivity index is 1.86. The number of pyridine rings is 1. The molecule has 2 fully saturated rings. The minimum Gasteiger partial charge on any atom is -0.368 e. The molecule has 1 aromatic rings. The summed E-state index contributed by atoms with van der Waals surface area (Å²) in [6, 6.07) is 3.76. The largest absolute Gasteiger partial charge is 0.368 e. The smallest absolute Gasteiger partial charge is 0.234 e. The quantitative estimate of drug-likeness (QED) is 0.780. The number of carbonyl (C=O) groups excluding carboxylic acids is 1. The van der Waals surface area contributed by atoms with Crippen molar-refractivity contribution in [1.82, 2.24) is 10.3 Å². The highest BCUT2D eigenvalue weighted by atomic mass is 16.1. The summed E-state index contributed by atoms with van der Waals surface area (Å²) in [6.45, 7) is 0.